The minimum absolute atomic E-state index is 0.252. The topological polar surface area (TPSA) is 88.1 Å². The van der Waals surface area contributed by atoms with Crippen LogP contribution in [0.2, 0.25) is 0 Å². The smallest absolute Gasteiger partial charge is 0.491 e. The van der Waals surface area contributed by atoms with Gasteiger partial charge in [0, 0.05) is 28.2 Å². The quantitative estimate of drug-likeness (QED) is 0.596. The molecule has 0 bridgehead atoms. The highest BCUT2D eigenvalue weighted by atomic mass is 16.6. The lowest BCUT2D eigenvalue weighted by atomic mass is 9.77. The predicted molar refractivity (Wildman–Crippen MR) is 115 cm³/mol. The molecule has 0 aromatic heterocycles. The molecule has 2 N–H and O–H groups in total. The number of hydrogen-bond acceptors (Lipinski definition) is 5. The Morgan fingerprint density at radius 3 is 2.40 bits per heavy atom. The molecule has 2 aromatic rings. The Morgan fingerprint density at radius 1 is 1.10 bits per heavy atom. The van der Waals surface area contributed by atoms with Gasteiger partial charge in [0.1, 0.15) is 12.4 Å². The number of benzene rings is 2. The molecule has 0 radical (unpaired) electrons. The summed E-state index contributed by atoms with van der Waals surface area (Å²) in [6.07, 6.45) is 0. The maximum Gasteiger partial charge on any atom is 0.495 e. The fourth-order valence-electron chi connectivity index (χ4n) is 3.56. The van der Waals surface area contributed by atoms with E-state index in [0.29, 0.717) is 27.9 Å². The molecule has 0 atom stereocenters. The molecule has 7 nitrogen and oxygen atoms in total. The van der Waals surface area contributed by atoms with Gasteiger partial charge in [-0.25, -0.2) is 5.01 Å². The second kappa shape index (κ2) is 8.89. The summed E-state index contributed by atoms with van der Waals surface area (Å²) >= 11 is 0. The molecule has 0 unspecified atom stereocenters. The molecule has 0 fully saturated rings. The van der Waals surface area contributed by atoms with E-state index >= 15 is 0 Å². The van der Waals surface area contributed by atoms with E-state index in [1.165, 1.54) is 5.01 Å². The molecule has 0 saturated heterocycles. The van der Waals surface area contributed by atoms with E-state index in [4.69, 9.17) is 9.39 Å². The Bertz CT molecular complexity index is 956. The van der Waals surface area contributed by atoms with Crippen molar-refractivity contribution in [2.24, 2.45) is 0 Å². The zero-order valence-electron chi connectivity index (χ0n) is 18.0. The first-order valence-electron chi connectivity index (χ1n) is 9.98. The van der Waals surface area contributed by atoms with Crippen LogP contribution in [0, 0.1) is 20.8 Å². The van der Waals surface area contributed by atoms with E-state index in [9.17, 15) is 14.6 Å². The van der Waals surface area contributed by atoms with Gasteiger partial charge >= 0.3 is 7.12 Å². The SMILES string of the molecule is Cc1cc(C)cc(C(=O)N(NC(=O)c2ccc3c(c2C)OCCOB3O)C(C)C)c1. The number of aryl methyl sites for hydroxylation is 2. The van der Waals surface area contributed by atoms with Gasteiger partial charge in [-0.05, 0) is 52.8 Å². The van der Waals surface area contributed by atoms with Gasteiger partial charge in [-0.2, -0.15) is 0 Å². The molecule has 8 heteroatoms. The van der Waals surface area contributed by atoms with Crippen LogP contribution >= 0.6 is 0 Å². The summed E-state index contributed by atoms with van der Waals surface area (Å²) in [4.78, 5) is 26.1. The van der Waals surface area contributed by atoms with Gasteiger partial charge in [0.05, 0.1) is 6.61 Å². The van der Waals surface area contributed by atoms with Crippen LogP contribution in [-0.2, 0) is 4.65 Å². The van der Waals surface area contributed by atoms with Crippen LogP contribution in [0.15, 0.2) is 30.3 Å². The monoisotopic (exact) mass is 410 g/mol. The van der Waals surface area contributed by atoms with Crippen LogP contribution in [0.5, 0.6) is 5.75 Å². The zero-order valence-corrected chi connectivity index (χ0v) is 18.0. The van der Waals surface area contributed by atoms with Crippen molar-refractivity contribution in [1.29, 1.82) is 0 Å². The Balaban J connectivity index is 1.89. The minimum atomic E-state index is -1.10. The highest BCUT2D eigenvalue weighted by molar-refractivity contribution is 6.61. The third-order valence-corrected chi connectivity index (χ3v) is 4.98. The second-order valence-electron chi connectivity index (χ2n) is 7.81. The maximum absolute atomic E-state index is 13.1. The Kier molecular flexibility index (Phi) is 6.48. The van der Waals surface area contributed by atoms with Crippen molar-refractivity contribution in [3.63, 3.8) is 0 Å². The minimum Gasteiger partial charge on any atom is -0.491 e. The normalized spacial score (nSPS) is 13.4. The molecule has 30 heavy (non-hydrogen) atoms. The van der Waals surface area contributed by atoms with Crippen molar-refractivity contribution in [2.75, 3.05) is 13.2 Å². The van der Waals surface area contributed by atoms with Gasteiger partial charge in [-0.1, -0.05) is 23.3 Å². The summed E-state index contributed by atoms with van der Waals surface area (Å²) in [7, 11) is -1.10. The lowest BCUT2D eigenvalue weighted by Crippen LogP contribution is -2.50. The van der Waals surface area contributed by atoms with Crippen LogP contribution in [0.4, 0.5) is 0 Å². The molecule has 0 aliphatic carbocycles. The summed E-state index contributed by atoms with van der Waals surface area (Å²) in [5.41, 5.74) is 6.64. The van der Waals surface area contributed by atoms with Gasteiger partial charge in [-0.3, -0.25) is 15.0 Å². The fraction of sp³-hybridized carbons (Fsp3) is 0.364. The Labute approximate surface area is 177 Å². The summed E-state index contributed by atoms with van der Waals surface area (Å²) in [6.45, 7) is 9.81. The highest BCUT2D eigenvalue weighted by Gasteiger charge is 2.29. The van der Waals surface area contributed by atoms with Crippen molar-refractivity contribution in [1.82, 2.24) is 10.4 Å². The number of fused-ring (bicyclic) bond motifs is 1. The number of nitrogens with zero attached hydrogens (tertiary/aromatic N) is 1. The molecule has 2 aromatic carbocycles. The fourth-order valence-corrected chi connectivity index (χ4v) is 3.56. The van der Waals surface area contributed by atoms with E-state index in [1.807, 2.05) is 33.8 Å². The van der Waals surface area contributed by atoms with E-state index in [0.717, 1.165) is 11.1 Å². The van der Waals surface area contributed by atoms with E-state index in [-0.39, 0.29) is 25.2 Å². The first kappa shape index (κ1) is 21.9. The molecular weight excluding hydrogens is 383 g/mol. The average Bonchev–Trinajstić information content (AvgIpc) is 2.87. The van der Waals surface area contributed by atoms with Crippen molar-refractivity contribution in [3.8, 4) is 5.75 Å². The van der Waals surface area contributed by atoms with Gasteiger partial charge in [0.2, 0.25) is 0 Å². The van der Waals surface area contributed by atoms with Crippen LogP contribution in [0.1, 0.15) is 51.3 Å². The molecule has 158 valence electrons. The number of ether oxygens (including phenoxy) is 1. The first-order chi connectivity index (χ1) is 14.2. The third-order valence-electron chi connectivity index (χ3n) is 4.98. The first-order valence-corrected chi connectivity index (χ1v) is 9.98. The number of carbonyl (C=O) groups is 2. The van der Waals surface area contributed by atoms with Crippen molar-refractivity contribution in [2.45, 2.75) is 40.7 Å². The number of hydrazine groups is 1. The molecule has 0 spiro atoms. The van der Waals surface area contributed by atoms with Crippen LogP contribution < -0.4 is 15.6 Å². The molecule has 1 aliphatic heterocycles. The summed E-state index contributed by atoms with van der Waals surface area (Å²) < 4.78 is 10.9. The highest BCUT2D eigenvalue weighted by Crippen LogP contribution is 2.22. The number of carbonyl (C=O) groups excluding carboxylic acids is 2. The average molecular weight is 410 g/mol. The van der Waals surface area contributed by atoms with Crippen LogP contribution in [0.25, 0.3) is 0 Å². The van der Waals surface area contributed by atoms with Gasteiger partial charge in [0.25, 0.3) is 11.8 Å². The lowest BCUT2D eigenvalue weighted by Gasteiger charge is -2.28. The van der Waals surface area contributed by atoms with Crippen LogP contribution in [0.3, 0.4) is 0 Å². The number of nitrogens with one attached hydrogen (secondary N) is 1. The van der Waals surface area contributed by atoms with Crippen molar-refractivity contribution in [3.05, 3.63) is 58.1 Å². The van der Waals surface area contributed by atoms with Crippen molar-refractivity contribution < 1.29 is 24.0 Å². The number of hydrogen-bond donors (Lipinski definition) is 2. The van der Waals surface area contributed by atoms with Gasteiger partial charge < -0.3 is 14.4 Å². The molecule has 0 saturated carbocycles. The standard InChI is InChI=1S/C22H27BN2O5/c1-13(2)25(22(27)17-11-14(3)10-15(4)12-17)24-21(26)18-6-7-19-20(16(18)5)29-8-9-30-23(19)28/h6-7,10-13,28H,8-9H2,1-5H3,(H,24,26). The largest absolute Gasteiger partial charge is 0.495 e. The third kappa shape index (κ3) is 4.50. The van der Waals surface area contributed by atoms with E-state index in [2.05, 4.69) is 5.43 Å². The predicted octanol–water partition coefficient (Wildman–Crippen LogP) is 1.90. The van der Waals surface area contributed by atoms with E-state index in [1.54, 1.807) is 31.2 Å². The van der Waals surface area contributed by atoms with Gasteiger partial charge in [-0.15, -0.1) is 0 Å². The summed E-state index contributed by atoms with van der Waals surface area (Å²) in [5, 5.41) is 11.4. The molecule has 1 heterocycles. The zero-order chi connectivity index (χ0) is 22.0. The maximum atomic E-state index is 13.1. The summed E-state index contributed by atoms with van der Waals surface area (Å²) in [6, 6.07) is 8.56. The van der Waals surface area contributed by atoms with Gasteiger partial charge in [0.15, 0.2) is 0 Å². The molecular formula is C22H27BN2O5. The number of rotatable bonds is 3. The number of amides is 2. The van der Waals surface area contributed by atoms with E-state index < -0.39 is 13.0 Å². The Morgan fingerprint density at radius 2 is 1.77 bits per heavy atom. The van der Waals surface area contributed by atoms with Crippen molar-refractivity contribution >= 4 is 24.4 Å². The van der Waals surface area contributed by atoms with Crippen LogP contribution in [-0.4, -0.2) is 48.2 Å². The molecule has 2 amide bonds. The molecule has 3 rings (SSSR count). The second-order valence-corrected chi connectivity index (χ2v) is 7.81. The summed E-state index contributed by atoms with van der Waals surface area (Å²) in [5.74, 6) is -0.271. The Hall–Kier alpha value is -2.84. The molecule has 1 aliphatic rings. The lowest BCUT2D eigenvalue weighted by molar-refractivity contribution is 0.0515.